The van der Waals surface area contributed by atoms with Gasteiger partial charge in [0, 0.05) is 6.07 Å². The summed E-state index contributed by atoms with van der Waals surface area (Å²) in [6.07, 6.45) is 13.9. The van der Waals surface area contributed by atoms with Crippen LogP contribution in [0, 0.1) is 34.5 Å². The molecular formula is C30H43NO4. The lowest BCUT2D eigenvalue weighted by atomic mass is 9.46. The van der Waals surface area contributed by atoms with E-state index in [-0.39, 0.29) is 23.1 Å². The van der Waals surface area contributed by atoms with Crippen molar-refractivity contribution in [3.63, 3.8) is 0 Å². The number of carbonyl (C=O) groups is 1. The van der Waals surface area contributed by atoms with Gasteiger partial charge in [-0.3, -0.25) is 4.79 Å². The molecule has 4 aliphatic rings. The van der Waals surface area contributed by atoms with Gasteiger partial charge in [-0.1, -0.05) is 39.3 Å². The van der Waals surface area contributed by atoms with Crippen LogP contribution in [0.5, 0.6) is 0 Å². The van der Waals surface area contributed by atoms with Crippen LogP contribution in [0.3, 0.4) is 0 Å². The summed E-state index contributed by atoms with van der Waals surface area (Å²) in [4.78, 5) is 24.1. The van der Waals surface area contributed by atoms with Crippen LogP contribution in [0.2, 0.25) is 0 Å². The predicted molar refractivity (Wildman–Crippen MR) is 137 cm³/mol. The fourth-order valence-corrected chi connectivity index (χ4v) is 8.58. The standard InChI is InChI=1S/C30H43NO4/c1-18(2)15-26(31)28(33)35-21-11-13-29(3)20(16-21)6-7-22-24-9-8-23(19-5-10-27(32)34-17-19)30(24,4)14-12-25(22)29/h5,9-10,17-18,20-23,25-26H,6-8,11-16,31H2,1-4H3/t20-,21+,22+,23-,25+,26?,29+,30-/m1/s1. The second-order valence-electron chi connectivity index (χ2n) is 12.9. The molecule has 192 valence electrons. The molecule has 5 nitrogen and oxygen atoms in total. The first kappa shape index (κ1) is 24.8. The van der Waals surface area contributed by atoms with Gasteiger partial charge in [-0.2, -0.15) is 0 Å². The third kappa shape index (κ3) is 4.32. The number of hydrogen-bond donors (Lipinski definition) is 1. The van der Waals surface area contributed by atoms with E-state index in [1.54, 1.807) is 17.9 Å². The Morgan fingerprint density at radius 2 is 1.97 bits per heavy atom. The van der Waals surface area contributed by atoms with Crippen LogP contribution in [-0.4, -0.2) is 18.1 Å². The molecule has 0 spiro atoms. The number of rotatable bonds is 5. The van der Waals surface area contributed by atoms with Crippen LogP contribution in [0.1, 0.15) is 97.0 Å². The zero-order chi connectivity index (χ0) is 25.0. The van der Waals surface area contributed by atoms with Crippen molar-refractivity contribution in [3.8, 4) is 0 Å². The van der Waals surface area contributed by atoms with Crippen molar-refractivity contribution in [2.24, 2.45) is 40.2 Å². The van der Waals surface area contributed by atoms with Gasteiger partial charge >= 0.3 is 11.6 Å². The van der Waals surface area contributed by atoms with Gasteiger partial charge in [0.1, 0.15) is 12.1 Å². The lowest BCUT2D eigenvalue weighted by Gasteiger charge is -2.59. The third-order valence-corrected chi connectivity index (χ3v) is 10.5. The molecule has 0 amide bonds. The van der Waals surface area contributed by atoms with Crippen LogP contribution >= 0.6 is 0 Å². The number of esters is 1. The second-order valence-corrected chi connectivity index (χ2v) is 12.9. The van der Waals surface area contributed by atoms with Crippen LogP contribution < -0.4 is 11.4 Å². The van der Waals surface area contributed by atoms with Crippen molar-refractivity contribution >= 4 is 5.97 Å². The maximum absolute atomic E-state index is 12.6. The number of carbonyl (C=O) groups excluding carboxylic acids is 1. The quantitative estimate of drug-likeness (QED) is 0.414. The van der Waals surface area contributed by atoms with E-state index in [0.29, 0.717) is 41.4 Å². The minimum atomic E-state index is -0.505. The van der Waals surface area contributed by atoms with E-state index in [1.807, 2.05) is 6.07 Å². The van der Waals surface area contributed by atoms with Crippen molar-refractivity contribution < 1.29 is 13.9 Å². The predicted octanol–water partition coefficient (Wildman–Crippen LogP) is 5.97. The van der Waals surface area contributed by atoms with Gasteiger partial charge in [0.05, 0.1) is 6.26 Å². The van der Waals surface area contributed by atoms with E-state index < -0.39 is 6.04 Å². The fraction of sp³-hybridized carbons (Fsp3) is 0.733. The zero-order valence-corrected chi connectivity index (χ0v) is 21.9. The van der Waals surface area contributed by atoms with Crippen molar-refractivity contribution in [1.82, 2.24) is 0 Å². The number of hydrogen-bond acceptors (Lipinski definition) is 5. The molecule has 35 heavy (non-hydrogen) atoms. The SMILES string of the molecule is CC(C)CC(N)C(=O)O[C@H]1CC[C@@]2(C)[C@H](CC[C@H]3C4=CC[C@H](c5ccc(=O)oc5)[C@@]4(C)CC[C@@H]32)C1. The molecule has 0 aromatic carbocycles. The summed E-state index contributed by atoms with van der Waals surface area (Å²) in [6, 6.07) is 3.03. The molecule has 4 aliphatic carbocycles. The van der Waals surface area contributed by atoms with Gasteiger partial charge in [0.2, 0.25) is 0 Å². The molecule has 3 fully saturated rings. The topological polar surface area (TPSA) is 82.5 Å². The molecular weight excluding hydrogens is 438 g/mol. The average Bonchev–Trinajstić information content (AvgIpc) is 3.16. The highest BCUT2D eigenvalue weighted by Crippen LogP contribution is 2.67. The second kappa shape index (κ2) is 9.21. The maximum atomic E-state index is 12.6. The van der Waals surface area contributed by atoms with Gasteiger partial charge in [-0.05, 0) is 110 Å². The van der Waals surface area contributed by atoms with E-state index in [0.717, 1.165) is 31.2 Å². The first-order valence-corrected chi connectivity index (χ1v) is 13.9. The summed E-state index contributed by atoms with van der Waals surface area (Å²) >= 11 is 0. The van der Waals surface area contributed by atoms with Gasteiger partial charge < -0.3 is 14.9 Å². The van der Waals surface area contributed by atoms with Gasteiger partial charge in [0.15, 0.2) is 0 Å². The molecule has 0 radical (unpaired) electrons. The first-order chi connectivity index (χ1) is 16.6. The summed E-state index contributed by atoms with van der Waals surface area (Å²) in [7, 11) is 0. The smallest absolute Gasteiger partial charge is 0.335 e. The van der Waals surface area contributed by atoms with Crippen LogP contribution in [0.25, 0.3) is 0 Å². The lowest BCUT2D eigenvalue weighted by molar-refractivity contribution is -0.159. The van der Waals surface area contributed by atoms with E-state index in [9.17, 15) is 9.59 Å². The normalized spacial score (nSPS) is 39.3. The highest BCUT2D eigenvalue weighted by Gasteiger charge is 2.58. The molecule has 3 saturated carbocycles. The highest BCUT2D eigenvalue weighted by atomic mass is 16.5. The molecule has 1 unspecified atom stereocenters. The van der Waals surface area contributed by atoms with E-state index in [1.165, 1.54) is 25.7 Å². The summed E-state index contributed by atoms with van der Waals surface area (Å²) in [5.74, 6) is 2.54. The molecule has 2 N–H and O–H groups in total. The Balaban J connectivity index is 1.27. The molecule has 1 aromatic rings. The third-order valence-electron chi connectivity index (χ3n) is 10.5. The van der Waals surface area contributed by atoms with Gasteiger partial charge in [-0.25, -0.2) is 4.79 Å². The first-order valence-electron chi connectivity index (χ1n) is 13.9. The number of nitrogens with two attached hydrogens (primary N) is 1. The molecule has 8 atom stereocenters. The van der Waals surface area contributed by atoms with E-state index in [2.05, 4.69) is 33.8 Å². The molecule has 0 aliphatic heterocycles. The summed E-state index contributed by atoms with van der Waals surface area (Å²) in [5, 5.41) is 0. The maximum Gasteiger partial charge on any atom is 0.335 e. The Hall–Kier alpha value is -1.88. The van der Waals surface area contributed by atoms with Crippen molar-refractivity contribution in [1.29, 1.82) is 0 Å². The van der Waals surface area contributed by atoms with E-state index >= 15 is 0 Å². The number of ether oxygens (including phenoxy) is 1. The fourth-order valence-electron chi connectivity index (χ4n) is 8.58. The number of allylic oxidation sites excluding steroid dienone is 2. The number of fused-ring (bicyclic) bond motifs is 5. The Kier molecular flexibility index (Phi) is 6.52. The van der Waals surface area contributed by atoms with Crippen molar-refractivity contribution in [2.45, 2.75) is 104 Å². The van der Waals surface area contributed by atoms with Crippen molar-refractivity contribution in [2.75, 3.05) is 0 Å². The Morgan fingerprint density at radius 3 is 2.69 bits per heavy atom. The van der Waals surface area contributed by atoms with Gasteiger partial charge in [-0.15, -0.1) is 0 Å². The monoisotopic (exact) mass is 481 g/mol. The van der Waals surface area contributed by atoms with E-state index in [4.69, 9.17) is 14.9 Å². The largest absolute Gasteiger partial charge is 0.461 e. The Bertz CT molecular complexity index is 1020. The van der Waals surface area contributed by atoms with Crippen LogP contribution in [0.4, 0.5) is 0 Å². The summed E-state index contributed by atoms with van der Waals surface area (Å²) in [6.45, 7) is 9.15. The average molecular weight is 482 g/mol. The van der Waals surface area contributed by atoms with Crippen LogP contribution in [-0.2, 0) is 9.53 Å². The minimum absolute atomic E-state index is 0.0204. The summed E-state index contributed by atoms with van der Waals surface area (Å²) in [5.41, 5.74) is 9.12. The molecule has 1 aromatic heterocycles. The molecule has 0 saturated heterocycles. The summed E-state index contributed by atoms with van der Waals surface area (Å²) < 4.78 is 11.2. The molecule has 5 heteroatoms. The lowest BCUT2D eigenvalue weighted by Crippen LogP contribution is -2.52. The molecule has 0 bridgehead atoms. The van der Waals surface area contributed by atoms with Crippen molar-refractivity contribution in [3.05, 3.63) is 46.0 Å². The minimum Gasteiger partial charge on any atom is -0.461 e. The Labute approximate surface area is 209 Å². The molecule has 1 heterocycles. The zero-order valence-electron chi connectivity index (χ0n) is 21.9. The highest BCUT2D eigenvalue weighted by molar-refractivity contribution is 5.75. The Morgan fingerprint density at radius 1 is 1.17 bits per heavy atom. The van der Waals surface area contributed by atoms with Crippen LogP contribution in [0.15, 0.2) is 39.3 Å². The van der Waals surface area contributed by atoms with Gasteiger partial charge in [0.25, 0.3) is 0 Å². The molecule has 5 rings (SSSR count).